The Morgan fingerprint density at radius 3 is 2.38 bits per heavy atom. The highest BCUT2D eigenvalue weighted by atomic mass is 16.5. The van der Waals surface area contributed by atoms with Crippen LogP contribution in [0.5, 0.6) is 0 Å². The van der Waals surface area contributed by atoms with Crippen molar-refractivity contribution in [2.45, 2.75) is 32.7 Å². The highest BCUT2D eigenvalue weighted by Crippen LogP contribution is 2.04. The van der Waals surface area contributed by atoms with E-state index in [9.17, 15) is 9.59 Å². The van der Waals surface area contributed by atoms with Crippen molar-refractivity contribution in [3.8, 4) is 0 Å². The standard InChI is InChI=1S/C11H22N2O3/c1-8(11(15)16-4)7-13(3)10(14)6-5-9(2)12/h8-9H,5-7,12H2,1-4H3. The van der Waals surface area contributed by atoms with E-state index >= 15 is 0 Å². The number of amides is 1. The normalized spacial score (nSPS) is 14.1. The fourth-order valence-electron chi connectivity index (χ4n) is 1.33. The van der Waals surface area contributed by atoms with Gasteiger partial charge in [0.05, 0.1) is 13.0 Å². The first-order valence-electron chi connectivity index (χ1n) is 5.45. The van der Waals surface area contributed by atoms with E-state index in [1.165, 1.54) is 7.11 Å². The molecule has 2 N–H and O–H groups in total. The first kappa shape index (κ1) is 14.9. The largest absolute Gasteiger partial charge is 0.469 e. The number of carbonyl (C=O) groups is 2. The molecular weight excluding hydrogens is 208 g/mol. The molecule has 16 heavy (non-hydrogen) atoms. The molecule has 5 nitrogen and oxygen atoms in total. The Morgan fingerprint density at radius 1 is 1.38 bits per heavy atom. The molecule has 0 heterocycles. The summed E-state index contributed by atoms with van der Waals surface area (Å²) in [6, 6.07) is 0.0235. The van der Waals surface area contributed by atoms with Crippen LogP contribution in [0.3, 0.4) is 0 Å². The van der Waals surface area contributed by atoms with E-state index in [0.717, 1.165) is 0 Å². The molecule has 0 aliphatic heterocycles. The quantitative estimate of drug-likeness (QED) is 0.670. The van der Waals surface area contributed by atoms with Crippen molar-refractivity contribution >= 4 is 11.9 Å². The van der Waals surface area contributed by atoms with Crippen LogP contribution in [-0.4, -0.2) is 43.5 Å². The van der Waals surface area contributed by atoms with E-state index in [2.05, 4.69) is 4.74 Å². The van der Waals surface area contributed by atoms with Crippen LogP contribution in [0.15, 0.2) is 0 Å². The van der Waals surface area contributed by atoms with E-state index in [1.807, 2.05) is 6.92 Å². The number of rotatable bonds is 6. The molecule has 0 spiro atoms. The number of nitrogens with two attached hydrogens (primary N) is 1. The second-order valence-electron chi connectivity index (χ2n) is 4.21. The maximum atomic E-state index is 11.6. The number of hydrogen-bond donors (Lipinski definition) is 1. The topological polar surface area (TPSA) is 72.6 Å². The summed E-state index contributed by atoms with van der Waals surface area (Å²) in [5.74, 6) is -0.589. The molecule has 0 aromatic heterocycles. The molecule has 0 aromatic rings. The van der Waals surface area contributed by atoms with Crippen LogP contribution < -0.4 is 5.73 Å². The second-order valence-corrected chi connectivity index (χ2v) is 4.21. The molecule has 2 atom stereocenters. The van der Waals surface area contributed by atoms with Gasteiger partial charge in [0.1, 0.15) is 0 Å². The summed E-state index contributed by atoms with van der Waals surface area (Å²) < 4.78 is 4.59. The van der Waals surface area contributed by atoms with Gasteiger partial charge >= 0.3 is 5.97 Å². The number of nitrogens with zero attached hydrogens (tertiary/aromatic N) is 1. The van der Waals surface area contributed by atoms with Gasteiger partial charge in [-0.25, -0.2) is 0 Å². The maximum Gasteiger partial charge on any atom is 0.310 e. The van der Waals surface area contributed by atoms with Crippen molar-refractivity contribution in [2.24, 2.45) is 11.7 Å². The average Bonchev–Trinajstić information content (AvgIpc) is 2.24. The van der Waals surface area contributed by atoms with Crippen molar-refractivity contribution in [2.75, 3.05) is 20.7 Å². The molecule has 2 unspecified atom stereocenters. The zero-order valence-electron chi connectivity index (χ0n) is 10.5. The van der Waals surface area contributed by atoms with Gasteiger partial charge in [-0.2, -0.15) is 0 Å². The van der Waals surface area contributed by atoms with Gasteiger partial charge in [-0.15, -0.1) is 0 Å². The first-order valence-corrected chi connectivity index (χ1v) is 5.45. The Bertz CT molecular complexity index is 241. The monoisotopic (exact) mass is 230 g/mol. The fourth-order valence-corrected chi connectivity index (χ4v) is 1.33. The Morgan fingerprint density at radius 2 is 1.94 bits per heavy atom. The van der Waals surface area contributed by atoms with Gasteiger partial charge in [0.2, 0.25) is 5.91 Å². The smallest absolute Gasteiger partial charge is 0.310 e. The molecule has 0 aromatic carbocycles. The highest BCUT2D eigenvalue weighted by Gasteiger charge is 2.18. The van der Waals surface area contributed by atoms with Crippen LogP contribution in [0.2, 0.25) is 0 Å². The van der Waals surface area contributed by atoms with Gasteiger partial charge in [0, 0.05) is 26.1 Å². The van der Waals surface area contributed by atoms with E-state index in [-0.39, 0.29) is 23.8 Å². The van der Waals surface area contributed by atoms with E-state index in [4.69, 9.17) is 5.73 Å². The van der Waals surface area contributed by atoms with Crippen molar-refractivity contribution in [1.82, 2.24) is 4.90 Å². The van der Waals surface area contributed by atoms with Crippen LogP contribution >= 0.6 is 0 Å². The van der Waals surface area contributed by atoms with E-state index in [0.29, 0.717) is 19.4 Å². The van der Waals surface area contributed by atoms with Crippen LogP contribution in [-0.2, 0) is 14.3 Å². The molecule has 0 radical (unpaired) electrons. The van der Waals surface area contributed by atoms with Gasteiger partial charge in [-0.3, -0.25) is 9.59 Å². The molecule has 94 valence electrons. The van der Waals surface area contributed by atoms with Crippen LogP contribution in [0.1, 0.15) is 26.7 Å². The number of hydrogen-bond acceptors (Lipinski definition) is 4. The van der Waals surface area contributed by atoms with Crippen LogP contribution in [0.4, 0.5) is 0 Å². The number of methoxy groups -OCH3 is 1. The third kappa shape index (κ3) is 5.70. The predicted octanol–water partition coefficient (Wildman–Crippen LogP) is 0.381. The minimum atomic E-state index is -0.299. The Balaban J connectivity index is 4.00. The number of carbonyl (C=O) groups excluding carboxylic acids is 2. The fraction of sp³-hybridized carbons (Fsp3) is 0.818. The summed E-state index contributed by atoms with van der Waals surface area (Å²) >= 11 is 0. The van der Waals surface area contributed by atoms with Gasteiger partial charge in [-0.05, 0) is 13.3 Å². The Hall–Kier alpha value is -1.10. The van der Waals surface area contributed by atoms with Crippen LogP contribution in [0.25, 0.3) is 0 Å². The summed E-state index contributed by atoms with van der Waals surface area (Å²) in [5, 5.41) is 0. The lowest BCUT2D eigenvalue weighted by molar-refractivity contribution is -0.146. The number of ether oxygens (including phenoxy) is 1. The molecule has 0 fully saturated rings. The zero-order chi connectivity index (χ0) is 12.7. The highest BCUT2D eigenvalue weighted by molar-refractivity contribution is 5.77. The lowest BCUT2D eigenvalue weighted by atomic mass is 10.1. The lowest BCUT2D eigenvalue weighted by Crippen LogP contribution is -2.34. The summed E-state index contributed by atoms with van der Waals surface area (Å²) in [4.78, 5) is 24.3. The molecule has 0 bridgehead atoms. The minimum Gasteiger partial charge on any atom is -0.469 e. The van der Waals surface area contributed by atoms with Crippen molar-refractivity contribution in [3.05, 3.63) is 0 Å². The first-order chi connectivity index (χ1) is 7.38. The SMILES string of the molecule is COC(=O)C(C)CN(C)C(=O)CCC(C)N. The average molecular weight is 230 g/mol. The van der Waals surface area contributed by atoms with Gasteiger partial charge in [0.15, 0.2) is 0 Å². The van der Waals surface area contributed by atoms with E-state index < -0.39 is 0 Å². The molecule has 0 aliphatic carbocycles. The minimum absolute atomic E-state index is 0.00746. The Labute approximate surface area is 96.9 Å². The molecule has 0 aliphatic rings. The summed E-state index contributed by atoms with van der Waals surface area (Å²) in [6.07, 6.45) is 1.08. The molecule has 0 saturated carbocycles. The maximum absolute atomic E-state index is 11.6. The van der Waals surface area contributed by atoms with Crippen molar-refractivity contribution in [1.29, 1.82) is 0 Å². The molecule has 0 rings (SSSR count). The summed E-state index contributed by atoms with van der Waals surface area (Å²) in [5.41, 5.74) is 5.57. The predicted molar refractivity (Wildman–Crippen MR) is 61.7 cm³/mol. The van der Waals surface area contributed by atoms with Gasteiger partial charge < -0.3 is 15.4 Å². The van der Waals surface area contributed by atoms with Gasteiger partial charge in [0.25, 0.3) is 0 Å². The number of esters is 1. The summed E-state index contributed by atoms with van der Waals surface area (Å²) in [6.45, 7) is 3.98. The summed E-state index contributed by atoms with van der Waals surface area (Å²) in [7, 11) is 3.03. The van der Waals surface area contributed by atoms with E-state index in [1.54, 1.807) is 18.9 Å². The van der Waals surface area contributed by atoms with Crippen molar-refractivity contribution < 1.29 is 14.3 Å². The van der Waals surface area contributed by atoms with Crippen LogP contribution in [0, 0.1) is 5.92 Å². The second kappa shape index (κ2) is 7.22. The molecule has 5 heteroatoms. The third-order valence-corrected chi connectivity index (χ3v) is 2.39. The third-order valence-electron chi connectivity index (χ3n) is 2.39. The molecule has 1 amide bonds. The Kier molecular flexibility index (Phi) is 6.72. The lowest BCUT2D eigenvalue weighted by Gasteiger charge is -2.20. The molecular formula is C11H22N2O3. The zero-order valence-corrected chi connectivity index (χ0v) is 10.5. The van der Waals surface area contributed by atoms with Crippen molar-refractivity contribution in [3.63, 3.8) is 0 Å². The van der Waals surface area contributed by atoms with Gasteiger partial charge in [-0.1, -0.05) is 6.92 Å². The molecule has 0 saturated heterocycles.